The van der Waals surface area contributed by atoms with E-state index in [0.29, 0.717) is 0 Å². The Labute approximate surface area is 69.1 Å². The molecular formula is C7H5IN2. The van der Waals surface area contributed by atoms with Crippen LogP contribution in [0.25, 0.3) is 6.08 Å². The Morgan fingerprint density at radius 1 is 1.40 bits per heavy atom. The van der Waals surface area contributed by atoms with Crippen LogP contribution in [-0.2, 0) is 0 Å². The first kappa shape index (κ1) is 6.15. The maximum Gasteiger partial charge on any atom is 0.0794 e. The number of halogens is 1. The van der Waals surface area contributed by atoms with Crippen molar-refractivity contribution in [1.82, 2.24) is 4.98 Å². The van der Waals surface area contributed by atoms with Crippen LogP contribution in [0.5, 0.6) is 0 Å². The molecule has 0 amide bonds. The predicted octanol–water partition coefficient (Wildman–Crippen LogP) is 2.85. The minimum Gasteiger partial charge on any atom is -0.264 e. The summed E-state index contributed by atoms with van der Waals surface area (Å²) in [5.74, 6) is 0. The number of rotatable bonds is 0. The number of hydrogen-bond donors (Lipinski definition) is 0. The number of nitrogens with zero attached hydrogens (tertiary/aromatic N) is 2. The standard InChI is InChI=1S/C7H5IN2/c1-3-8-10-7-2-4-9-5-6(1)7/h1-5H. The monoisotopic (exact) mass is 244 g/mol. The lowest BCUT2D eigenvalue weighted by atomic mass is 10.2. The third kappa shape index (κ3) is 1.01. The van der Waals surface area contributed by atoms with Crippen molar-refractivity contribution in [1.29, 1.82) is 0 Å². The van der Waals surface area contributed by atoms with Crippen LogP contribution < -0.4 is 0 Å². The van der Waals surface area contributed by atoms with Gasteiger partial charge in [-0.05, 0) is 16.2 Å². The minimum atomic E-state index is -0.0576. The highest BCUT2D eigenvalue weighted by molar-refractivity contribution is 14.2. The van der Waals surface area contributed by atoms with Crippen LogP contribution >= 0.6 is 21.0 Å². The van der Waals surface area contributed by atoms with Gasteiger partial charge in [0.2, 0.25) is 0 Å². The highest BCUT2D eigenvalue weighted by Gasteiger charge is 1.97. The normalized spacial score (nSPS) is 14.0. The zero-order chi connectivity index (χ0) is 6.81. The average Bonchev–Trinajstić information content (AvgIpc) is 2.05. The Balaban J connectivity index is 2.65. The van der Waals surface area contributed by atoms with Crippen molar-refractivity contribution in [3.05, 3.63) is 28.1 Å². The van der Waals surface area contributed by atoms with E-state index >= 15 is 0 Å². The Morgan fingerprint density at radius 2 is 2.40 bits per heavy atom. The van der Waals surface area contributed by atoms with Gasteiger partial charge in [0.1, 0.15) is 0 Å². The van der Waals surface area contributed by atoms with Crippen molar-refractivity contribution in [3.8, 4) is 0 Å². The van der Waals surface area contributed by atoms with E-state index in [1.54, 1.807) is 6.20 Å². The lowest BCUT2D eigenvalue weighted by Crippen LogP contribution is -1.76. The molecular weight excluding hydrogens is 239 g/mol. The molecule has 1 aromatic rings. The summed E-state index contributed by atoms with van der Waals surface area (Å²) >= 11 is -0.0576. The molecule has 0 atom stereocenters. The van der Waals surface area contributed by atoms with Crippen molar-refractivity contribution in [2.45, 2.75) is 0 Å². The molecule has 0 aromatic carbocycles. The Bertz CT molecular complexity index is 273. The largest absolute Gasteiger partial charge is 0.264 e. The second-order valence-electron chi connectivity index (χ2n) is 1.91. The maximum absolute atomic E-state index is 4.38. The third-order valence-corrected chi connectivity index (χ3v) is 2.75. The molecule has 0 aliphatic carbocycles. The van der Waals surface area contributed by atoms with E-state index in [4.69, 9.17) is 0 Å². The first-order chi connectivity index (χ1) is 4.97. The van der Waals surface area contributed by atoms with E-state index in [1.807, 2.05) is 12.3 Å². The lowest BCUT2D eigenvalue weighted by molar-refractivity contribution is 1.31. The molecule has 0 saturated heterocycles. The summed E-state index contributed by atoms with van der Waals surface area (Å²) in [5, 5.41) is 0. The zero-order valence-corrected chi connectivity index (χ0v) is 7.32. The molecule has 10 heavy (non-hydrogen) atoms. The van der Waals surface area contributed by atoms with Crippen molar-refractivity contribution in [2.24, 2.45) is 3.15 Å². The van der Waals surface area contributed by atoms with Gasteiger partial charge in [-0.15, -0.1) is 0 Å². The van der Waals surface area contributed by atoms with Crippen molar-refractivity contribution in [3.63, 3.8) is 0 Å². The van der Waals surface area contributed by atoms with Gasteiger partial charge in [-0.1, -0.05) is 0 Å². The van der Waals surface area contributed by atoms with E-state index in [9.17, 15) is 0 Å². The summed E-state index contributed by atoms with van der Waals surface area (Å²) < 4.78 is 6.52. The van der Waals surface area contributed by atoms with Crippen LogP contribution in [0.1, 0.15) is 5.56 Å². The summed E-state index contributed by atoms with van der Waals surface area (Å²) in [6.07, 6.45) is 5.73. The van der Waals surface area contributed by atoms with Crippen LogP contribution in [0, 0.1) is 0 Å². The quantitative estimate of drug-likeness (QED) is 0.644. The van der Waals surface area contributed by atoms with Crippen LogP contribution in [-0.4, -0.2) is 4.98 Å². The smallest absolute Gasteiger partial charge is 0.0794 e. The fourth-order valence-corrected chi connectivity index (χ4v) is 2.23. The molecule has 1 aromatic heterocycles. The van der Waals surface area contributed by atoms with E-state index in [2.05, 4.69) is 18.3 Å². The Kier molecular flexibility index (Phi) is 1.58. The van der Waals surface area contributed by atoms with Crippen LogP contribution in [0.15, 0.2) is 25.7 Å². The highest BCUT2D eigenvalue weighted by atomic mass is 127. The van der Waals surface area contributed by atoms with E-state index in [1.165, 1.54) is 0 Å². The first-order valence-electron chi connectivity index (χ1n) is 2.91. The first-order valence-corrected chi connectivity index (χ1v) is 5.12. The topological polar surface area (TPSA) is 25.2 Å². The number of pyridine rings is 1. The fraction of sp³-hybridized carbons (Fsp3) is 0. The molecule has 3 heteroatoms. The van der Waals surface area contributed by atoms with Crippen molar-refractivity contribution >= 4 is 32.8 Å². The molecule has 2 nitrogen and oxygen atoms in total. The van der Waals surface area contributed by atoms with Gasteiger partial charge in [-0.3, -0.25) is 4.98 Å². The maximum atomic E-state index is 4.38. The second kappa shape index (κ2) is 2.57. The predicted molar refractivity (Wildman–Crippen MR) is 49.4 cm³/mol. The third-order valence-electron chi connectivity index (χ3n) is 1.27. The summed E-state index contributed by atoms with van der Waals surface area (Å²) in [6.45, 7) is 0. The summed E-state index contributed by atoms with van der Waals surface area (Å²) in [5.41, 5.74) is 2.25. The van der Waals surface area contributed by atoms with Gasteiger partial charge >= 0.3 is 0 Å². The summed E-state index contributed by atoms with van der Waals surface area (Å²) in [6, 6.07) is 1.96. The molecule has 1 aliphatic rings. The number of hydrogen-bond acceptors (Lipinski definition) is 2. The average molecular weight is 244 g/mol. The van der Waals surface area contributed by atoms with Gasteiger partial charge in [0.15, 0.2) is 0 Å². The molecule has 0 unspecified atom stereocenters. The summed E-state index contributed by atoms with van der Waals surface area (Å²) in [4.78, 5) is 4.00. The molecule has 1 aliphatic heterocycles. The van der Waals surface area contributed by atoms with E-state index in [0.717, 1.165) is 11.3 Å². The number of aromatic nitrogens is 1. The fourth-order valence-electron chi connectivity index (χ4n) is 0.781. The van der Waals surface area contributed by atoms with Gasteiger partial charge in [0, 0.05) is 39.0 Å². The lowest BCUT2D eigenvalue weighted by Gasteiger charge is -1.99. The molecule has 0 radical (unpaired) electrons. The summed E-state index contributed by atoms with van der Waals surface area (Å²) in [7, 11) is 0. The molecule has 0 bridgehead atoms. The SMILES string of the molecule is C1=Cc2cnccc2N=I1. The highest BCUT2D eigenvalue weighted by Crippen LogP contribution is 2.28. The second-order valence-corrected chi connectivity index (χ2v) is 3.67. The Hall–Kier alpha value is -0.580. The van der Waals surface area contributed by atoms with Crippen molar-refractivity contribution < 1.29 is 0 Å². The zero-order valence-electron chi connectivity index (χ0n) is 5.16. The molecule has 0 fully saturated rings. The van der Waals surface area contributed by atoms with Gasteiger partial charge in [0.05, 0.1) is 5.69 Å². The number of fused-ring (bicyclic) bond motifs is 1. The molecule has 0 spiro atoms. The molecule has 2 rings (SSSR count). The van der Waals surface area contributed by atoms with Gasteiger partial charge < -0.3 is 0 Å². The molecule has 2 heterocycles. The molecule has 0 N–H and O–H groups in total. The molecule has 50 valence electrons. The Morgan fingerprint density at radius 3 is 3.30 bits per heavy atom. The van der Waals surface area contributed by atoms with Crippen LogP contribution in [0.2, 0.25) is 0 Å². The minimum absolute atomic E-state index is 0.0576. The molecule has 0 saturated carbocycles. The van der Waals surface area contributed by atoms with Crippen LogP contribution in [0.3, 0.4) is 0 Å². The van der Waals surface area contributed by atoms with E-state index in [-0.39, 0.29) is 21.0 Å². The van der Waals surface area contributed by atoms with Gasteiger partial charge in [-0.25, -0.2) is 3.15 Å². The van der Waals surface area contributed by atoms with Gasteiger partial charge in [-0.2, -0.15) is 0 Å². The van der Waals surface area contributed by atoms with Crippen LogP contribution in [0.4, 0.5) is 5.69 Å². The van der Waals surface area contributed by atoms with Gasteiger partial charge in [0.25, 0.3) is 0 Å². The van der Waals surface area contributed by atoms with Crippen molar-refractivity contribution in [2.75, 3.05) is 0 Å². The van der Waals surface area contributed by atoms with E-state index < -0.39 is 0 Å².